The van der Waals surface area contributed by atoms with Crippen LogP contribution in [0, 0.1) is 5.82 Å². The van der Waals surface area contributed by atoms with Crippen molar-refractivity contribution in [3.05, 3.63) is 106 Å². The number of rotatable bonds is 8. The fourth-order valence-corrected chi connectivity index (χ4v) is 5.95. The summed E-state index contributed by atoms with van der Waals surface area (Å²) in [6.07, 6.45) is -3.29. The van der Waals surface area contributed by atoms with Crippen LogP contribution in [-0.4, -0.2) is 36.8 Å². The van der Waals surface area contributed by atoms with Gasteiger partial charge in [-0.3, -0.25) is 4.79 Å². The number of nitrogens with one attached hydrogen (secondary N) is 2. The maximum absolute atomic E-state index is 14.1. The number of halogens is 6. The summed E-state index contributed by atoms with van der Waals surface area (Å²) in [5.74, 6) is -1.36. The topological polar surface area (TPSA) is 62.8 Å². The van der Waals surface area contributed by atoms with E-state index in [0.29, 0.717) is 55.4 Å². The lowest BCUT2D eigenvalue weighted by Crippen LogP contribution is -2.47. The largest absolute Gasteiger partial charge is 0.573 e. The number of hydrogen-bond acceptors (Lipinski definition) is 5. The minimum absolute atomic E-state index is 0.166. The molecule has 0 radical (unpaired) electrons. The number of fused-ring (bicyclic) bond motifs is 2. The molecule has 3 aromatic carbocycles. The molecule has 0 aliphatic carbocycles. The van der Waals surface area contributed by atoms with Gasteiger partial charge in [0.2, 0.25) is 5.91 Å². The van der Waals surface area contributed by atoms with Gasteiger partial charge in [0.1, 0.15) is 17.2 Å². The Morgan fingerprint density at radius 3 is 2.56 bits per heavy atom. The van der Waals surface area contributed by atoms with Crippen molar-refractivity contribution in [2.45, 2.75) is 43.7 Å². The number of hydrogen-bond donors (Lipinski definition) is 2. The highest BCUT2D eigenvalue weighted by Gasteiger charge is 2.43. The van der Waals surface area contributed by atoms with Crippen LogP contribution in [0.25, 0.3) is 0 Å². The lowest BCUT2D eigenvalue weighted by molar-refractivity contribution is -0.274. The molecular weight excluding hydrogens is 609 g/mol. The van der Waals surface area contributed by atoms with Crippen LogP contribution in [0.2, 0.25) is 10.0 Å². The van der Waals surface area contributed by atoms with Crippen LogP contribution in [0.15, 0.2) is 73.1 Å². The van der Waals surface area contributed by atoms with Crippen molar-refractivity contribution >= 4 is 34.8 Å². The highest BCUT2D eigenvalue weighted by Crippen LogP contribution is 2.45. The van der Waals surface area contributed by atoms with Crippen molar-refractivity contribution in [2.24, 2.45) is 0 Å². The van der Waals surface area contributed by atoms with Gasteiger partial charge in [-0.15, -0.1) is 13.2 Å². The minimum atomic E-state index is -4.86. The first kappa shape index (κ1) is 31.0. The van der Waals surface area contributed by atoms with Gasteiger partial charge in [-0.1, -0.05) is 47.5 Å². The molecule has 1 fully saturated rings. The number of carbonyl (C=O) groups excluding carboxylic acids is 1. The summed E-state index contributed by atoms with van der Waals surface area (Å²) >= 11 is 12.4. The average molecular weight is 638 g/mol. The molecule has 2 aliphatic rings. The molecule has 3 aromatic rings. The van der Waals surface area contributed by atoms with Crippen molar-refractivity contribution < 1.29 is 31.8 Å². The number of amides is 1. The Balaban J connectivity index is 1.28. The van der Waals surface area contributed by atoms with E-state index >= 15 is 0 Å². The van der Waals surface area contributed by atoms with Crippen LogP contribution in [-0.2, 0) is 21.7 Å². The molecule has 2 aliphatic heterocycles. The van der Waals surface area contributed by atoms with E-state index in [9.17, 15) is 22.4 Å². The fourth-order valence-electron chi connectivity index (χ4n) is 5.65. The summed E-state index contributed by atoms with van der Waals surface area (Å²) in [5, 5.41) is 6.45. The number of benzene rings is 3. The summed E-state index contributed by atoms with van der Waals surface area (Å²) < 4.78 is 63.0. The molecule has 1 saturated heterocycles. The normalized spacial score (nSPS) is 17.0. The second-order valence-corrected chi connectivity index (χ2v) is 11.4. The van der Waals surface area contributed by atoms with Gasteiger partial charge in [0.15, 0.2) is 5.88 Å². The van der Waals surface area contributed by atoms with Gasteiger partial charge in [0.25, 0.3) is 0 Å². The summed E-state index contributed by atoms with van der Waals surface area (Å²) in [6, 6.07) is 15.2. The first-order chi connectivity index (χ1) is 20.4. The lowest BCUT2D eigenvalue weighted by Gasteiger charge is -2.46. The zero-order valence-electron chi connectivity index (χ0n) is 22.9. The second-order valence-electron chi connectivity index (χ2n) is 10.6. The molecule has 0 aromatic heterocycles. The van der Waals surface area contributed by atoms with Crippen molar-refractivity contribution in [1.82, 2.24) is 10.2 Å². The molecule has 1 amide bonds. The number of carbonyl (C=O) groups is 1. The Bertz CT molecular complexity index is 1510. The molecule has 43 heavy (non-hydrogen) atoms. The quantitative estimate of drug-likeness (QED) is 0.248. The van der Waals surface area contributed by atoms with Crippen LogP contribution in [0.5, 0.6) is 5.75 Å². The Labute approximate surface area is 256 Å². The molecule has 2 N–H and O–H groups in total. The Hall–Kier alpha value is -3.47. The van der Waals surface area contributed by atoms with Gasteiger partial charge >= 0.3 is 6.36 Å². The standard InChI is InChI=1S/C31H29Cl2F4N3O3/c1-19-39-27-9-7-22(34)17-24(27)30(42-19)11-14-40(15-12-30)13-10-23(20-6-8-25(32)26(33)16-20)29(41)38-18-21-4-2-3-5-28(21)43-31(35,36)37/h2-9,16-17,23,39H,1,10-15,18H2,(H,38,41). The Morgan fingerprint density at radius 1 is 1.09 bits per heavy atom. The van der Waals surface area contributed by atoms with E-state index in [1.165, 1.54) is 30.3 Å². The van der Waals surface area contributed by atoms with E-state index in [4.69, 9.17) is 27.9 Å². The zero-order chi connectivity index (χ0) is 30.8. The van der Waals surface area contributed by atoms with Crippen molar-refractivity contribution in [1.29, 1.82) is 0 Å². The van der Waals surface area contributed by atoms with E-state index in [1.807, 2.05) is 0 Å². The number of nitrogens with zero attached hydrogens (tertiary/aromatic N) is 1. The number of piperidine rings is 1. The molecule has 228 valence electrons. The fraction of sp³-hybridized carbons (Fsp3) is 0.323. The molecule has 2 heterocycles. The predicted octanol–water partition coefficient (Wildman–Crippen LogP) is 7.73. The first-order valence-electron chi connectivity index (χ1n) is 13.7. The third-order valence-corrected chi connectivity index (χ3v) is 8.52. The molecule has 5 rings (SSSR count). The van der Waals surface area contributed by atoms with E-state index in [1.54, 1.807) is 30.3 Å². The summed E-state index contributed by atoms with van der Waals surface area (Å²) in [5.41, 5.74) is 1.63. The van der Waals surface area contributed by atoms with Gasteiger partial charge in [-0.2, -0.15) is 0 Å². The van der Waals surface area contributed by atoms with Crippen LogP contribution in [0.1, 0.15) is 41.9 Å². The highest BCUT2D eigenvalue weighted by atomic mass is 35.5. The summed E-state index contributed by atoms with van der Waals surface area (Å²) in [6.45, 7) is 5.55. The van der Waals surface area contributed by atoms with E-state index in [2.05, 4.69) is 26.8 Å². The summed E-state index contributed by atoms with van der Waals surface area (Å²) in [7, 11) is 0. The molecule has 6 nitrogen and oxygen atoms in total. The SMILES string of the molecule is C=C1Nc2ccc(F)cc2C2(CCN(CCC(C(=O)NCc3ccccc3OC(F)(F)F)c3ccc(Cl)c(Cl)c3)CC2)O1. The molecule has 12 heteroatoms. The number of likely N-dealkylation sites (tertiary alicyclic amines) is 1. The van der Waals surface area contributed by atoms with Crippen molar-refractivity contribution in [2.75, 3.05) is 25.0 Å². The maximum Gasteiger partial charge on any atom is 0.573 e. The Morgan fingerprint density at radius 2 is 1.84 bits per heavy atom. The second kappa shape index (κ2) is 12.6. The molecule has 1 atom stereocenters. The van der Waals surface area contributed by atoms with Gasteiger partial charge in [0, 0.05) is 49.3 Å². The zero-order valence-corrected chi connectivity index (χ0v) is 24.5. The summed E-state index contributed by atoms with van der Waals surface area (Å²) in [4.78, 5) is 15.7. The Kier molecular flexibility index (Phi) is 9.10. The number of ether oxygens (including phenoxy) is 2. The monoisotopic (exact) mass is 637 g/mol. The van der Waals surface area contributed by atoms with Crippen molar-refractivity contribution in [3.8, 4) is 5.75 Å². The van der Waals surface area contributed by atoms with Crippen LogP contribution in [0.3, 0.4) is 0 Å². The van der Waals surface area contributed by atoms with Gasteiger partial charge in [-0.05, 0) is 61.5 Å². The van der Waals surface area contributed by atoms with E-state index in [0.717, 1.165) is 11.3 Å². The highest BCUT2D eigenvalue weighted by molar-refractivity contribution is 6.42. The molecular formula is C31H29Cl2F4N3O3. The third-order valence-electron chi connectivity index (χ3n) is 7.78. The molecule has 0 bridgehead atoms. The maximum atomic E-state index is 14.1. The first-order valence-corrected chi connectivity index (χ1v) is 14.4. The van der Waals surface area contributed by atoms with Crippen molar-refractivity contribution in [3.63, 3.8) is 0 Å². The molecule has 1 unspecified atom stereocenters. The van der Waals surface area contributed by atoms with Gasteiger partial charge < -0.3 is 25.0 Å². The van der Waals surface area contributed by atoms with Crippen LogP contribution in [0.4, 0.5) is 23.2 Å². The lowest BCUT2D eigenvalue weighted by atomic mass is 9.82. The number of anilines is 1. The third kappa shape index (κ3) is 7.37. The van der Waals surface area contributed by atoms with E-state index < -0.39 is 17.9 Å². The number of para-hydroxylation sites is 1. The van der Waals surface area contributed by atoms with Crippen LogP contribution < -0.4 is 15.4 Å². The minimum Gasteiger partial charge on any atom is -0.468 e. The molecule has 0 saturated carbocycles. The van der Waals surface area contributed by atoms with Gasteiger partial charge in [0.05, 0.1) is 16.0 Å². The van der Waals surface area contributed by atoms with E-state index in [-0.39, 0.29) is 34.6 Å². The molecule has 1 spiro atoms. The smallest absolute Gasteiger partial charge is 0.468 e. The predicted molar refractivity (Wildman–Crippen MR) is 156 cm³/mol. The van der Waals surface area contributed by atoms with Gasteiger partial charge in [-0.25, -0.2) is 4.39 Å². The number of alkyl halides is 3. The van der Waals surface area contributed by atoms with Crippen LogP contribution >= 0.6 is 23.2 Å². The average Bonchev–Trinajstić information content (AvgIpc) is 2.95.